The van der Waals surface area contributed by atoms with Crippen LogP contribution in [0, 0.1) is 0 Å². The second kappa shape index (κ2) is 60.6. The molecule has 6 nitrogen and oxygen atoms in total. The summed E-state index contributed by atoms with van der Waals surface area (Å²) in [4.78, 5) is 38.2. The van der Waals surface area contributed by atoms with Gasteiger partial charge in [-0.1, -0.05) is 259 Å². The van der Waals surface area contributed by atoms with Gasteiger partial charge < -0.3 is 14.2 Å². The number of carbonyl (C=O) groups excluding carboxylic acids is 3. The minimum Gasteiger partial charge on any atom is -0.462 e. The Bertz CT molecular complexity index is 1490. The molecular weight excluding hydrogens is 901 g/mol. The number of ether oxygens (including phenoxy) is 3. The van der Waals surface area contributed by atoms with Crippen molar-refractivity contribution in [1.82, 2.24) is 0 Å². The van der Waals surface area contributed by atoms with E-state index in [-0.39, 0.29) is 31.1 Å². The first-order valence-corrected chi connectivity index (χ1v) is 30.4. The lowest BCUT2D eigenvalue weighted by Crippen LogP contribution is -2.30. The van der Waals surface area contributed by atoms with Gasteiger partial charge in [0.05, 0.1) is 0 Å². The molecule has 0 aliphatic heterocycles. The highest BCUT2D eigenvalue weighted by Gasteiger charge is 2.19. The predicted molar refractivity (Wildman–Crippen MR) is 316 cm³/mol. The van der Waals surface area contributed by atoms with E-state index in [4.69, 9.17) is 14.2 Å². The number of hydrogen-bond donors (Lipinski definition) is 0. The summed E-state index contributed by atoms with van der Waals surface area (Å²) in [7, 11) is 0. The molecule has 0 fully saturated rings. The molecular formula is C67H112O6. The Hall–Kier alpha value is -3.93. The van der Waals surface area contributed by atoms with Crippen LogP contribution in [0.15, 0.2) is 109 Å². The summed E-state index contributed by atoms with van der Waals surface area (Å²) in [5.41, 5.74) is 0. The van der Waals surface area contributed by atoms with Gasteiger partial charge in [-0.3, -0.25) is 14.4 Å². The molecule has 6 heteroatoms. The summed E-state index contributed by atoms with van der Waals surface area (Å²) in [6.45, 7) is 6.48. The lowest BCUT2D eigenvalue weighted by atomic mass is 10.1. The predicted octanol–water partition coefficient (Wildman–Crippen LogP) is 20.7. The fraction of sp³-hybridized carbons (Fsp3) is 0.687. The van der Waals surface area contributed by atoms with E-state index in [0.717, 1.165) is 135 Å². The van der Waals surface area contributed by atoms with Crippen LogP contribution in [0.4, 0.5) is 0 Å². The van der Waals surface area contributed by atoms with Gasteiger partial charge in [0.2, 0.25) is 0 Å². The van der Waals surface area contributed by atoms with Crippen molar-refractivity contribution in [1.29, 1.82) is 0 Å². The van der Waals surface area contributed by atoms with Gasteiger partial charge in [-0.2, -0.15) is 0 Å². The number of esters is 3. The van der Waals surface area contributed by atoms with E-state index in [1.165, 1.54) is 103 Å². The van der Waals surface area contributed by atoms with Crippen molar-refractivity contribution in [3.8, 4) is 0 Å². The molecule has 0 N–H and O–H groups in total. The van der Waals surface area contributed by atoms with E-state index in [2.05, 4.69) is 130 Å². The van der Waals surface area contributed by atoms with Crippen LogP contribution in [0.25, 0.3) is 0 Å². The minimum atomic E-state index is -0.792. The maximum Gasteiger partial charge on any atom is 0.306 e. The Morgan fingerprint density at radius 2 is 0.534 bits per heavy atom. The fourth-order valence-corrected chi connectivity index (χ4v) is 8.22. The van der Waals surface area contributed by atoms with Crippen molar-refractivity contribution in [2.75, 3.05) is 13.2 Å². The van der Waals surface area contributed by atoms with Crippen molar-refractivity contribution in [3.63, 3.8) is 0 Å². The van der Waals surface area contributed by atoms with Gasteiger partial charge in [-0.15, -0.1) is 0 Å². The first-order valence-electron chi connectivity index (χ1n) is 30.4. The summed E-state index contributed by atoms with van der Waals surface area (Å²) < 4.78 is 16.9. The van der Waals surface area contributed by atoms with Crippen LogP contribution < -0.4 is 0 Å². The fourth-order valence-electron chi connectivity index (χ4n) is 8.22. The van der Waals surface area contributed by atoms with Crippen LogP contribution in [-0.2, 0) is 28.6 Å². The van der Waals surface area contributed by atoms with Crippen molar-refractivity contribution in [2.45, 2.75) is 284 Å². The van der Waals surface area contributed by atoms with Crippen LogP contribution in [-0.4, -0.2) is 37.2 Å². The molecule has 0 rings (SSSR count). The van der Waals surface area contributed by atoms with Crippen molar-refractivity contribution < 1.29 is 28.6 Å². The zero-order chi connectivity index (χ0) is 52.9. The number of rotatable bonds is 54. The van der Waals surface area contributed by atoms with Gasteiger partial charge in [0, 0.05) is 19.3 Å². The molecule has 0 spiro atoms. The molecule has 0 aromatic carbocycles. The van der Waals surface area contributed by atoms with Crippen LogP contribution in [0.3, 0.4) is 0 Å². The van der Waals surface area contributed by atoms with Crippen LogP contribution >= 0.6 is 0 Å². The summed E-state index contributed by atoms with van der Waals surface area (Å²) in [6.07, 6.45) is 82.2. The molecule has 0 saturated carbocycles. The molecule has 73 heavy (non-hydrogen) atoms. The first kappa shape index (κ1) is 69.1. The highest BCUT2D eigenvalue weighted by Crippen LogP contribution is 2.15. The SMILES string of the molecule is CC/C=C\C/C=C\C/C=C\C/C=C\C/C=C\C/C=C\CCCCCCCCC(=O)OCC(COC(=O)CCCCCCCCCCCCC)OC(=O)CCCCCCCC/C=C\C/C=C\C/C=C\CCCCC. The highest BCUT2D eigenvalue weighted by molar-refractivity contribution is 5.71. The van der Waals surface area contributed by atoms with E-state index in [1.54, 1.807) is 0 Å². The average molecular weight is 1010 g/mol. The monoisotopic (exact) mass is 1010 g/mol. The highest BCUT2D eigenvalue weighted by atomic mass is 16.6. The van der Waals surface area contributed by atoms with Gasteiger partial charge in [0.25, 0.3) is 0 Å². The van der Waals surface area contributed by atoms with Crippen LogP contribution in [0.1, 0.15) is 278 Å². The molecule has 0 aliphatic rings. The third kappa shape index (κ3) is 58.8. The molecule has 0 aromatic rings. The van der Waals surface area contributed by atoms with E-state index < -0.39 is 6.10 Å². The van der Waals surface area contributed by atoms with E-state index in [9.17, 15) is 14.4 Å². The van der Waals surface area contributed by atoms with Gasteiger partial charge >= 0.3 is 17.9 Å². The summed E-state index contributed by atoms with van der Waals surface area (Å²) in [6, 6.07) is 0. The number of allylic oxidation sites excluding steroid dienone is 18. The maximum atomic E-state index is 12.9. The Labute approximate surface area is 450 Å². The number of carbonyl (C=O) groups is 3. The number of hydrogen-bond acceptors (Lipinski definition) is 6. The zero-order valence-corrected chi connectivity index (χ0v) is 47.6. The third-order valence-corrected chi connectivity index (χ3v) is 12.8. The topological polar surface area (TPSA) is 78.9 Å². The minimum absolute atomic E-state index is 0.0876. The number of unbranched alkanes of at least 4 members (excludes halogenated alkanes) is 25. The molecule has 1 unspecified atom stereocenters. The molecule has 416 valence electrons. The average Bonchev–Trinajstić information content (AvgIpc) is 3.39. The van der Waals surface area contributed by atoms with Gasteiger partial charge in [-0.05, 0) is 109 Å². The smallest absolute Gasteiger partial charge is 0.306 e. The van der Waals surface area contributed by atoms with Crippen LogP contribution in [0.5, 0.6) is 0 Å². The quantitative estimate of drug-likeness (QED) is 0.0261. The lowest BCUT2D eigenvalue weighted by molar-refractivity contribution is -0.167. The normalized spacial score (nSPS) is 12.9. The van der Waals surface area contributed by atoms with E-state index in [0.29, 0.717) is 19.3 Å². The Kier molecular flexibility index (Phi) is 57.4. The Balaban J connectivity index is 4.37. The molecule has 0 aliphatic carbocycles. The molecule has 1 atom stereocenters. The maximum absolute atomic E-state index is 12.9. The van der Waals surface area contributed by atoms with Gasteiger partial charge in [0.15, 0.2) is 6.10 Å². The first-order chi connectivity index (χ1) is 36.0. The lowest BCUT2D eigenvalue weighted by Gasteiger charge is -2.18. The molecule has 0 heterocycles. The van der Waals surface area contributed by atoms with Crippen LogP contribution in [0.2, 0.25) is 0 Å². The molecule has 0 amide bonds. The Morgan fingerprint density at radius 1 is 0.288 bits per heavy atom. The van der Waals surface area contributed by atoms with E-state index in [1.807, 2.05) is 0 Å². The molecule has 0 aromatic heterocycles. The van der Waals surface area contributed by atoms with Crippen molar-refractivity contribution in [2.24, 2.45) is 0 Å². The molecule has 0 radical (unpaired) electrons. The van der Waals surface area contributed by atoms with Gasteiger partial charge in [-0.25, -0.2) is 0 Å². The second-order valence-corrected chi connectivity index (χ2v) is 19.9. The van der Waals surface area contributed by atoms with E-state index >= 15 is 0 Å². The standard InChI is InChI=1S/C67H112O6/c1-4-7-10-13-16-19-22-24-26-28-30-31-32-33-34-35-37-38-40-42-45-48-51-54-57-60-66(69)72-63-64(62-71-65(68)59-56-53-50-47-44-21-18-15-12-9-6-3)73-67(70)61-58-55-52-49-46-43-41-39-36-29-27-25-23-20-17-14-11-8-5-2/h7,10,16-17,19-20,24-27,30-31,33-34,36-39,64H,4-6,8-9,11-15,18,21-23,28-29,32,35,40-63H2,1-3H3/b10-7-,19-16-,20-17-,26-24-,27-25-,31-30-,34-33-,38-37-,39-36-. The largest absolute Gasteiger partial charge is 0.462 e. The van der Waals surface area contributed by atoms with Crippen molar-refractivity contribution >= 4 is 17.9 Å². The molecule has 0 saturated heterocycles. The van der Waals surface area contributed by atoms with Gasteiger partial charge in [0.1, 0.15) is 13.2 Å². The zero-order valence-electron chi connectivity index (χ0n) is 47.6. The summed E-state index contributed by atoms with van der Waals surface area (Å²) >= 11 is 0. The Morgan fingerprint density at radius 3 is 0.863 bits per heavy atom. The third-order valence-electron chi connectivity index (χ3n) is 12.8. The summed E-state index contributed by atoms with van der Waals surface area (Å²) in [5, 5.41) is 0. The second-order valence-electron chi connectivity index (χ2n) is 19.9. The molecule has 0 bridgehead atoms. The summed E-state index contributed by atoms with van der Waals surface area (Å²) in [5.74, 6) is -0.912. The van der Waals surface area contributed by atoms with Crippen molar-refractivity contribution in [3.05, 3.63) is 109 Å².